The van der Waals surface area contributed by atoms with Gasteiger partial charge in [0, 0.05) is 26.1 Å². The third-order valence-electron chi connectivity index (χ3n) is 6.90. The molecular weight excluding hydrogens is 576 g/mol. The Hall–Kier alpha value is -4.64. The zero-order valence-corrected chi connectivity index (χ0v) is 24.3. The average molecular weight is 609 g/mol. The first-order chi connectivity index (χ1) is 20.8. The Morgan fingerprint density at radius 2 is 1.74 bits per heavy atom. The number of benzene rings is 3. The maximum absolute atomic E-state index is 14.0. The molecule has 0 radical (unpaired) electrons. The summed E-state index contributed by atoms with van der Waals surface area (Å²) in [5, 5.41) is 18.8. The van der Waals surface area contributed by atoms with Gasteiger partial charge in [-0.3, -0.25) is 14.8 Å². The van der Waals surface area contributed by atoms with Crippen molar-refractivity contribution in [3.8, 4) is 23.3 Å². The van der Waals surface area contributed by atoms with Crippen molar-refractivity contribution in [2.24, 2.45) is 0 Å². The normalized spacial score (nSPS) is 12.8. The molecule has 1 aliphatic rings. The van der Waals surface area contributed by atoms with Crippen LogP contribution in [-0.2, 0) is 32.7 Å². The van der Waals surface area contributed by atoms with Crippen molar-refractivity contribution >= 4 is 21.8 Å². The molecule has 12 nitrogen and oxygen atoms in total. The van der Waals surface area contributed by atoms with Crippen LogP contribution in [-0.4, -0.2) is 61.1 Å². The Morgan fingerprint density at radius 3 is 2.42 bits per heavy atom. The summed E-state index contributed by atoms with van der Waals surface area (Å²) >= 11 is 0. The van der Waals surface area contributed by atoms with Crippen molar-refractivity contribution in [2.75, 3.05) is 20.4 Å². The molecule has 0 unspecified atom stereocenters. The van der Waals surface area contributed by atoms with Crippen LogP contribution < -0.4 is 19.7 Å². The second-order valence-corrected chi connectivity index (χ2v) is 11.5. The van der Waals surface area contributed by atoms with E-state index in [1.807, 2.05) is 36.4 Å². The number of hydrogen-bond donors (Lipinski definition) is 2. The van der Waals surface area contributed by atoms with E-state index in [1.54, 1.807) is 23.7 Å². The fourth-order valence-corrected chi connectivity index (χ4v) is 6.25. The number of methoxy groups -OCH3 is 1. The van der Waals surface area contributed by atoms with Gasteiger partial charge in [-0.05, 0) is 53.9 Å². The van der Waals surface area contributed by atoms with Gasteiger partial charge in [0.15, 0.2) is 11.5 Å². The fourth-order valence-electron chi connectivity index (χ4n) is 4.64. The van der Waals surface area contributed by atoms with Crippen molar-refractivity contribution in [3.63, 3.8) is 0 Å². The number of fused-ring (bicyclic) bond motifs is 1. The van der Waals surface area contributed by atoms with E-state index in [0.29, 0.717) is 22.8 Å². The molecule has 0 saturated heterocycles. The third-order valence-corrected chi connectivity index (χ3v) is 8.76. The monoisotopic (exact) mass is 608 g/mol. The molecule has 0 aromatic heterocycles. The van der Waals surface area contributed by atoms with Gasteiger partial charge < -0.3 is 19.1 Å². The zero-order chi connectivity index (χ0) is 30.8. The fraction of sp³-hybridized carbons (Fsp3) is 0.300. The summed E-state index contributed by atoms with van der Waals surface area (Å²) in [6, 6.07) is 20.3. The van der Waals surface area contributed by atoms with Crippen LogP contribution in [0.25, 0.3) is 0 Å². The van der Waals surface area contributed by atoms with Crippen molar-refractivity contribution in [1.82, 2.24) is 14.7 Å². The van der Waals surface area contributed by atoms with E-state index in [9.17, 15) is 23.2 Å². The maximum atomic E-state index is 14.0. The Labute approximate surface area is 250 Å². The molecule has 0 fully saturated rings. The molecule has 43 heavy (non-hydrogen) atoms. The third kappa shape index (κ3) is 7.81. The molecule has 1 aliphatic heterocycles. The van der Waals surface area contributed by atoms with Crippen molar-refractivity contribution in [1.29, 1.82) is 5.26 Å². The van der Waals surface area contributed by atoms with Gasteiger partial charge in [-0.2, -0.15) is 9.57 Å². The van der Waals surface area contributed by atoms with Crippen molar-refractivity contribution in [2.45, 2.75) is 43.3 Å². The summed E-state index contributed by atoms with van der Waals surface area (Å²) < 4.78 is 44.9. The van der Waals surface area contributed by atoms with Gasteiger partial charge in [0.25, 0.3) is 5.91 Å². The zero-order valence-electron chi connectivity index (χ0n) is 23.5. The lowest BCUT2D eigenvalue weighted by Gasteiger charge is -2.30. The molecule has 0 bridgehead atoms. The van der Waals surface area contributed by atoms with Crippen molar-refractivity contribution in [3.05, 3.63) is 83.9 Å². The first-order valence-electron chi connectivity index (χ1n) is 13.4. The number of nitriles is 1. The molecule has 226 valence electrons. The molecule has 3 aromatic rings. The van der Waals surface area contributed by atoms with Gasteiger partial charge in [0.05, 0.1) is 24.5 Å². The molecule has 1 atom stereocenters. The summed E-state index contributed by atoms with van der Waals surface area (Å²) in [5.41, 5.74) is 2.91. The maximum Gasteiger partial charge on any atom is 0.261 e. The number of sulfonamides is 1. The van der Waals surface area contributed by atoms with Crippen LogP contribution in [0.3, 0.4) is 0 Å². The highest BCUT2D eigenvalue weighted by molar-refractivity contribution is 7.89. The lowest BCUT2D eigenvalue weighted by Crippen LogP contribution is -2.49. The summed E-state index contributed by atoms with van der Waals surface area (Å²) in [6.45, 7) is 0.143. The lowest BCUT2D eigenvalue weighted by atomic mass is 10.1. The Balaban J connectivity index is 1.65. The Bertz CT molecular complexity index is 1560. The van der Waals surface area contributed by atoms with Crippen molar-refractivity contribution < 1.29 is 37.4 Å². The molecule has 4 rings (SSSR count). The first-order valence-corrected chi connectivity index (χ1v) is 14.9. The predicted molar refractivity (Wildman–Crippen MR) is 153 cm³/mol. The quantitative estimate of drug-likeness (QED) is 0.207. The number of ether oxygens (including phenoxy) is 3. The SMILES string of the molecule is COc1ccc(S(=O)(=O)N(Cc2ccc3c(c2)OCO3)[C@H](CCC(=O)N(CCC#N)Cc2ccccc2)C(=O)NO)cc1. The van der Waals surface area contributed by atoms with E-state index in [-0.39, 0.29) is 56.5 Å². The van der Waals surface area contributed by atoms with Gasteiger partial charge in [-0.25, -0.2) is 13.9 Å². The second kappa shape index (κ2) is 14.5. The minimum Gasteiger partial charge on any atom is -0.497 e. The molecule has 2 amide bonds. The lowest BCUT2D eigenvalue weighted by molar-refractivity contribution is -0.135. The van der Waals surface area contributed by atoms with Gasteiger partial charge in [0.1, 0.15) is 11.8 Å². The highest BCUT2D eigenvalue weighted by Gasteiger charge is 2.37. The van der Waals surface area contributed by atoms with Crippen LogP contribution >= 0.6 is 0 Å². The first kappa shape index (κ1) is 31.3. The summed E-state index contributed by atoms with van der Waals surface area (Å²) in [4.78, 5) is 27.8. The van der Waals surface area contributed by atoms with Gasteiger partial charge in [-0.1, -0.05) is 36.4 Å². The van der Waals surface area contributed by atoms with Crippen LogP contribution in [0.2, 0.25) is 0 Å². The number of nitrogens with zero attached hydrogens (tertiary/aromatic N) is 3. The molecule has 3 aromatic carbocycles. The summed E-state index contributed by atoms with van der Waals surface area (Å²) in [5.74, 6) is -0.0181. The van der Waals surface area contributed by atoms with E-state index in [0.717, 1.165) is 9.87 Å². The van der Waals surface area contributed by atoms with Crippen LogP contribution in [0.15, 0.2) is 77.7 Å². The number of amides is 2. The molecule has 0 spiro atoms. The average Bonchev–Trinajstić information content (AvgIpc) is 3.50. The van der Waals surface area contributed by atoms with Crippen LogP contribution in [0.4, 0.5) is 0 Å². The van der Waals surface area contributed by atoms with Crippen LogP contribution in [0.1, 0.15) is 30.4 Å². The molecular formula is C30H32N4O8S. The molecule has 0 aliphatic carbocycles. The Kier molecular flexibility index (Phi) is 10.6. The molecule has 1 heterocycles. The van der Waals surface area contributed by atoms with E-state index in [4.69, 9.17) is 19.5 Å². The highest BCUT2D eigenvalue weighted by Crippen LogP contribution is 2.34. The van der Waals surface area contributed by atoms with Gasteiger partial charge in [-0.15, -0.1) is 0 Å². The number of rotatable bonds is 14. The minimum absolute atomic E-state index is 0.0234. The second-order valence-electron chi connectivity index (χ2n) is 9.65. The van der Waals surface area contributed by atoms with E-state index < -0.39 is 22.0 Å². The standard InChI is InChI=1S/C30H32N4O8S/c1-40-24-9-11-25(12-10-24)43(38,39)34(20-23-8-14-27-28(18-23)42-21-41-27)26(30(36)32-37)13-15-29(35)33(17-5-16-31)19-22-6-3-2-4-7-22/h2-4,6-12,14,18,26,37H,5,13,15,17,19-21H2,1H3,(H,32,36)/t26-/m1/s1. The number of nitrogens with one attached hydrogen (secondary N) is 1. The van der Waals surface area contributed by atoms with E-state index in [1.165, 1.54) is 36.3 Å². The Morgan fingerprint density at radius 1 is 1.02 bits per heavy atom. The topological polar surface area (TPSA) is 158 Å². The summed E-state index contributed by atoms with van der Waals surface area (Å²) in [6.07, 6.45) is -0.379. The minimum atomic E-state index is -4.36. The number of carbonyl (C=O) groups excluding carboxylic acids is 2. The summed E-state index contributed by atoms with van der Waals surface area (Å²) in [7, 11) is -2.91. The van der Waals surface area contributed by atoms with Crippen LogP contribution in [0.5, 0.6) is 17.2 Å². The smallest absolute Gasteiger partial charge is 0.261 e. The van der Waals surface area contributed by atoms with E-state index in [2.05, 4.69) is 0 Å². The highest BCUT2D eigenvalue weighted by atomic mass is 32.2. The van der Waals surface area contributed by atoms with Crippen LogP contribution in [0, 0.1) is 11.3 Å². The molecule has 13 heteroatoms. The number of hydrogen-bond acceptors (Lipinski definition) is 9. The predicted octanol–water partition coefficient (Wildman–Crippen LogP) is 3.21. The van der Waals surface area contributed by atoms with E-state index >= 15 is 0 Å². The molecule has 2 N–H and O–H groups in total. The number of carbonyl (C=O) groups is 2. The number of hydroxylamine groups is 1. The van der Waals surface area contributed by atoms with Gasteiger partial charge in [0.2, 0.25) is 22.7 Å². The molecule has 0 saturated carbocycles. The van der Waals surface area contributed by atoms with Gasteiger partial charge >= 0.3 is 0 Å². The largest absolute Gasteiger partial charge is 0.497 e.